The van der Waals surface area contributed by atoms with Crippen LogP contribution in [0.3, 0.4) is 0 Å². The summed E-state index contributed by atoms with van der Waals surface area (Å²) in [5.41, 5.74) is 0.877. The molecule has 1 saturated heterocycles. The summed E-state index contributed by atoms with van der Waals surface area (Å²) in [6.07, 6.45) is 7.66. The molecule has 0 radical (unpaired) electrons. The van der Waals surface area contributed by atoms with E-state index in [4.69, 9.17) is 18.9 Å². The second kappa shape index (κ2) is 10.8. The van der Waals surface area contributed by atoms with Crippen molar-refractivity contribution in [3.63, 3.8) is 0 Å². The molecule has 2 rings (SSSR count). The Hall–Kier alpha value is -1.92. The number of allylic oxidation sites excluding steroid dienone is 1. The van der Waals surface area contributed by atoms with Gasteiger partial charge in [0.25, 0.3) is 0 Å². The highest BCUT2D eigenvalue weighted by molar-refractivity contribution is 5.73. The summed E-state index contributed by atoms with van der Waals surface area (Å²) in [6.45, 7) is 5.93. The quantitative estimate of drug-likeness (QED) is 0.366. The topological polar surface area (TPSA) is 66.9 Å². The summed E-state index contributed by atoms with van der Waals surface area (Å²) in [7, 11) is 0. The molecule has 0 N–H and O–H groups in total. The Labute approximate surface area is 149 Å². The molecule has 0 aromatic carbocycles. The fourth-order valence-corrected chi connectivity index (χ4v) is 2.61. The number of aromatic nitrogens is 1. The second-order valence-electron chi connectivity index (χ2n) is 5.69. The number of carbonyl (C=O) groups is 1. The molecule has 0 saturated carbocycles. The minimum absolute atomic E-state index is 0.0235. The number of pyridine rings is 1. The molecular weight excluding hydrogens is 322 g/mol. The lowest BCUT2D eigenvalue weighted by atomic mass is 9.98. The van der Waals surface area contributed by atoms with Gasteiger partial charge in [-0.1, -0.05) is 12.2 Å². The van der Waals surface area contributed by atoms with Crippen LogP contribution in [-0.2, 0) is 19.0 Å². The zero-order chi connectivity index (χ0) is 17.9. The monoisotopic (exact) mass is 349 g/mol. The van der Waals surface area contributed by atoms with Crippen LogP contribution in [0.15, 0.2) is 30.5 Å². The van der Waals surface area contributed by atoms with Gasteiger partial charge in [-0.2, -0.15) is 0 Å². The van der Waals surface area contributed by atoms with Gasteiger partial charge in [-0.15, -0.1) is 0 Å². The lowest BCUT2D eigenvalue weighted by Gasteiger charge is -2.19. The van der Waals surface area contributed by atoms with Gasteiger partial charge in [0.2, 0.25) is 5.88 Å². The van der Waals surface area contributed by atoms with Crippen molar-refractivity contribution in [1.82, 2.24) is 4.98 Å². The van der Waals surface area contributed by atoms with Crippen molar-refractivity contribution < 1.29 is 23.7 Å². The molecular formula is C19H27NO5. The Balaban J connectivity index is 1.81. The van der Waals surface area contributed by atoms with Gasteiger partial charge < -0.3 is 18.9 Å². The zero-order valence-corrected chi connectivity index (χ0v) is 15.0. The average Bonchev–Trinajstić information content (AvgIpc) is 2.63. The van der Waals surface area contributed by atoms with Crippen LogP contribution < -0.4 is 4.74 Å². The van der Waals surface area contributed by atoms with E-state index < -0.39 is 6.29 Å². The number of carbonyl (C=O) groups excluding carboxylic acids is 1. The maximum Gasteiger partial charge on any atom is 0.309 e. The third-order valence-electron chi connectivity index (χ3n) is 3.86. The lowest BCUT2D eigenvalue weighted by Crippen LogP contribution is -2.23. The van der Waals surface area contributed by atoms with Crippen LogP contribution in [0.4, 0.5) is 0 Å². The van der Waals surface area contributed by atoms with Crippen LogP contribution in [0.1, 0.15) is 45.0 Å². The number of nitrogens with zero attached hydrogens (tertiary/aromatic N) is 1. The van der Waals surface area contributed by atoms with Crippen molar-refractivity contribution in [1.29, 1.82) is 0 Å². The third kappa shape index (κ3) is 6.48. The van der Waals surface area contributed by atoms with Gasteiger partial charge in [-0.25, -0.2) is 4.98 Å². The maximum atomic E-state index is 11.6. The van der Waals surface area contributed by atoms with Crippen molar-refractivity contribution in [2.24, 2.45) is 5.92 Å². The summed E-state index contributed by atoms with van der Waals surface area (Å²) < 4.78 is 21.9. The van der Waals surface area contributed by atoms with Crippen LogP contribution >= 0.6 is 0 Å². The normalized spacial score (nSPS) is 17.9. The summed E-state index contributed by atoms with van der Waals surface area (Å²) in [5, 5.41) is 0. The first-order valence-corrected chi connectivity index (χ1v) is 8.88. The summed E-state index contributed by atoms with van der Waals surface area (Å²) in [5.74, 6) is 0.400. The van der Waals surface area contributed by atoms with Crippen molar-refractivity contribution in [2.45, 2.75) is 39.4 Å². The minimum Gasteiger partial charge on any atom is -0.473 e. The van der Waals surface area contributed by atoms with Gasteiger partial charge in [-0.3, -0.25) is 4.79 Å². The molecule has 1 atom stereocenters. The second-order valence-corrected chi connectivity index (χ2v) is 5.69. The molecule has 1 aliphatic heterocycles. The van der Waals surface area contributed by atoms with E-state index in [0.717, 1.165) is 18.4 Å². The highest BCUT2D eigenvalue weighted by Crippen LogP contribution is 2.22. The van der Waals surface area contributed by atoms with Crippen molar-refractivity contribution in [3.05, 3.63) is 36.0 Å². The first-order valence-electron chi connectivity index (χ1n) is 8.88. The molecule has 1 fully saturated rings. The van der Waals surface area contributed by atoms with E-state index in [-0.39, 0.29) is 11.9 Å². The van der Waals surface area contributed by atoms with E-state index in [0.29, 0.717) is 38.7 Å². The van der Waals surface area contributed by atoms with Crippen LogP contribution in [0.5, 0.6) is 5.88 Å². The first-order chi connectivity index (χ1) is 12.2. The van der Waals surface area contributed by atoms with Gasteiger partial charge in [0.15, 0.2) is 6.29 Å². The number of ether oxygens (including phenoxy) is 4. The fourth-order valence-electron chi connectivity index (χ4n) is 2.61. The number of hydrogen-bond donors (Lipinski definition) is 0. The first kappa shape index (κ1) is 19.4. The predicted octanol–water partition coefficient (Wildman–Crippen LogP) is 3.43. The van der Waals surface area contributed by atoms with Crippen molar-refractivity contribution in [3.8, 4) is 5.88 Å². The molecule has 1 aliphatic rings. The summed E-state index contributed by atoms with van der Waals surface area (Å²) in [4.78, 5) is 15.8. The molecule has 2 heterocycles. The molecule has 0 amide bonds. The van der Waals surface area contributed by atoms with E-state index in [1.54, 1.807) is 6.20 Å². The van der Waals surface area contributed by atoms with E-state index in [1.807, 2.05) is 38.1 Å². The Kier molecular flexibility index (Phi) is 8.42. The molecule has 1 aromatic rings. The number of rotatable bonds is 10. The average molecular weight is 349 g/mol. The van der Waals surface area contributed by atoms with Gasteiger partial charge >= 0.3 is 5.97 Å². The summed E-state index contributed by atoms with van der Waals surface area (Å²) in [6, 6.07) is 3.68. The molecule has 1 unspecified atom stereocenters. The van der Waals surface area contributed by atoms with Gasteiger partial charge in [0, 0.05) is 31.0 Å². The SMILES string of the molecule is CCOC(OCC)c1ccnc(OC/C=C\CC2CCCOC2=O)c1. The predicted molar refractivity (Wildman–Crippen MR) is 93.2 cm³/mol. The number of esters is 1. The standard InChI is InChI=1S/C19H27NO5/c1-3-22-19(23-4-2)16-10-11-20-17(14-16)24-12-6-5-8-15-9-7-13-25-18(15)21/h5-6,10-11,14-15,19H,3-4,7-9,12-13H2,1-2H3/b6-5-. The maximum absolute atomic E-state index is 11.6. The van der Waals surface area contributed by atoms with Gasteiger partial charge in [0.05, 0.1) is 12.5 Å². The van der Waals surface area contributed by atoms with Gasteiger partial charge in [0.1, 0.15) is 6.61 Å². The van der Waals surface area contributed by atoms with Crippen molar-refractivity contribution in [2.75, 3.05) is 26.4 Å². The van der Waals surface area contributed by atoms with E-state index >= 15 is 0 Å². The van der Waals surface area contributed by atoms with Gasteiger partial charge in [-0.05, 0) is 39.2 Å². The van der Waals surface area contributed by atoms with Crippen LogP contribution in [0.25, 0.3) is 0 Å². The molecule has 138 valence electrons. The minimum atomic E-state index is -0.409. The molecule has 6 nitrogen and oxygen atoms in total. The Bertz CT molecular complexity index is 555. The molecule has 6 heteroatoms. The highest BCUT2D eigenvalue weighted by atomic mass is 16.7. The number of cyclic esters (lactones) is 1. The Morgan fingerprint density at radius 1 is 1.32 bits per heavy atom. The van der Waals surface area contributed by atoms with Crippen molar-refractivity contribution >= 4 is 5.97 Å². The van der Waals surface area contributed by atoms with E-state index in [1.165, 1.54) is 0 Å². The Morgan fingerprint density at radius 2 is 2.12 bits per heavy atom. The highest BCUT2D eigenvalue weighted by Gasteiger charge is 2.22. The van der Waals surface area contributed by atoms with Crippen LogP contribution in [0, 0.1) is 5.92 Å². The number of hydrogen-bond acceptors (Lipinski definition) is 6. The molecule has 0 bridgehead atoms. The molecule has 1 aromatic heterocycles. The third-order valence-corrected chi connectivity index (χ3v) is 3.86. The van der Waals surface area contributed by atoms with E-state index in [9.17, 15) is 4.79 Å². The molecule has 0 aliphatic carbocycles. The lowest BCUT2D eigenvalue weighted by molar-refractivity contribution is -0.152. The molecule has 25 heavy (non-hydrogen) atoms. The van der Waals surface area contributed by atoms with Crippen LogP contribution in [-0.4, -0.2) is 37.4 Å². The zero-order valence-electron chi connectivity index (χ0n) is 15.0. The fraction of sp³-hybridized carbons (Fsp3) is 0.579. The largest absolute Gasteiger partial charge is 0.473 e. The summed E-state index contributed by atoms with van der Waals surface area (Å²) >= 11 is 0. The van der Waals surface area contributed by atoms with Crippen LogP contribution in [0.2, 0.25) is 0 Å². The smallest absolute Gasteiger partial charge is 0.309 e. The molecule has 0 spiro atoms. The Morgan fingerprint density at radius 3 is 2.84 bits per heavy atom. The van der Waals surface area contributed by atoms with E-state index in [2.05, 4.69) is 4.98 Å².